The fourth-order valence-corrected chi connectivity index (χ4v) is 4.40. The van der Waals surface area contributed by atoms with Crippen molar-refractivity contribution in [2.24, 2.45) is 0 Å². The standard InChI is InChI=1S/C16H15O5SSi/c1-10-15(11-6-8-12(21-23)9-7-11)20-16-13(19-2)4-3-5-14(16)22(10,17)18/h3-10,15H,1-2H3. The molecule has 0 amide bonds. The Labute approximate surface area is 138 Å². The van der Waals surface area contributed by atoms with Crippen molar-refractivity contribution in [3.05, 3.63) is 48.0 Å². The Bertz CT molecular complexity index is 817. The van der Waals surface area contributed by atoms with Crippen LogP contribution in [0.15, 0.2) is 47.4 Å². The predicted octanol–water partition coefficient (Wildman–Crippen LogP) is 2.45. The molecule has 0 saturated carbocycles. The molecule has 0 aliphatic carbocycles. The average molecular weight is 347 g/mol. The maximum Gasteiger partial charge on any atom is 0.341 e. The Kier molecular flexibility index (Phi) is 4.07. The minimum Gasteiger partial charge on any atom is -0.540 e. The number of sulfone groups is 1. The topological polar surface area (TPSA) is 61.8 Å². The Balaban J connectivity index is 2.10. The maximum absolute atomic E-state index is 12.8. The molecule has 0 aromatic heterocycles. The van der Waals surface area contributed by atoms with Crippen molar-refractivity contribution in [1.82, 2.24) is 0 Å². The molecule has 2 unspecified atom stereocenters. The van der Waals surface area contributed by atoms with Crippen LogP contribution in [0.5, 0.6) is 17.2 Å². The number of ether oxygens (including phenoxy) is 2. The highest BCUT2D eigenvalue weighted by molar-refractivity contribution is 7.92. The number of para-hydroxylation sites is 1. The van der Waals surface area contributed by atoms with Gasteiger partial charge >= 0.3 is 10.5 Å². The van der Waals surface area contributed by atoms with Crippen molar-refractivity contribution in [1.29, 1.82) is 0 Å². The van der Waals surface area contributed by atoms with Crippen LogP contribution in [0.1, 0.15) is 18.6 Å². The van der Waals surface area contributed by atoms with Crippen LogP contribution in [0.25, 0.3) is 0 Å². The van der Waals surface area contributed by atoms with Crippen molar-refractivity contribution in [3.8, 4) is 17.2 Å². The van der Waals surface area contributed by atoms with E-state index in [1.807, 2.05) is 0 Å². The summed E-state index contributed by atoms with van der Waals surface area (Å²) >= 11 is 0. The Morgan fingerprint density at radius 1 is 1.13 bits per heavy atom. The van der Waals surface area contributed by atoms with Gasteiger partial charge in [0.25, 0.3) is 0 Å². The lowest BCUT2D eigenvalue weighted by molar-refractivity contribution is 0.180. The van der Waals surface area contributed by atoms with Crippen molar-refractivity contribution < 1.29 is 22.3 Å². The largest absolute Gasteiger partial charge is 0.540 e. The smallest absolute Gasteiger partial charge is 0.341 e. The van der Waals surface area contributed by atoms with E-state index in [1.165, 1.54) is 7.11 Å². The highest BCUT2D eigenvalue weighted by Gasteiger charge is 2.41. The van der Waals surface area contributed by atoms with Gasteiger partial charge in [0.05, 0.1) is 7.11 Å². The van der Waals surface area contributed by atoms with Crippen LogP contribution in [-0.2, 0) is 9.84 Å². The SMILES string of the molecule is COc1cccc2c1OC(c1ccc(O[Si])cc1)C(C)S2(=O)=O. The molecule has 3 rings (SSSR count). The van der Waals surface area contributed by atoms with Crippen LogP contribution in [0.2, 0.25) is 0 Å². The predicted molar refractivity (Wildman–Crippen MR) is 85.8 cm³/mol. The van der Waals surface area contributed by atoms with Crippen LogP contribution in [0.4, 0.5) is 0 Å². The Hall–Kier alpha value is -1.99. The van der Waals surface area contributed by atoms with Gasteiger partial charge in [-0.25, -0.2) is 8.42 Å². The zero-order chi connectivity index (χ0) is 16.6. The van der Waals surface area contributed by atoms with Crippen LogP contribution in [-0.4, -0.2) is 31.3 Å². The van der Waals surface area contributed by atoms with Gasteiger partial charge in [-0.15, -0.1) is 0 Å². The lowest BCUT2D eigenvalue weighted by Crippen LogP contribution is -2.34. The molecule has 0 bridgehead atoms. The van der Waals surface area contributed by atoms with Crippen LogP contribution in [0.3, 0.4) is 0 Å². The molecule has 119 valence electrons. The molecule has 23 heavy (non-hydrogen) atoms. The van der Waals surface area contributed by atoms with E-state index in [0.717, 1.165) is 5.56 Å². The average Bonchev–Trinajstić information content (AvgIpc) is 2.58. The summed E-state index contributed by atoms with van der Waals surface area (Å²) < 4.78 is 41.8. The van der Waals surface area contributed by atoms with Crippen LogP contribution in [0, 0.1) is 0 Å². The summed E-state index contributed by atoms with van der Waals surface area (Å²) in [6.45, 7) is 1.65. The molecule has 0 saturated heterocycles. The quantitative estimate of drug-likeness (QED) is 0.798. The fraction of sp³-hybridized carbons (Fsp3) is 0.250. The van der Waals surface area contributed by atoms with E-state index in [1.54, 1.807) is 49.4 Å². The summed E-state index contributed by atoms with van der Waals surface area (Å²) in [5.74, 6) is 1.29. The molecular weight excluding hydrogens is 332 g/mol. The summed E-state index contributed by atoms with van der Waals surface area (Å²) in [5, 5.41) is -0.711. The summed E-state index contributed by atoms with van der Waals surface area (Å²) in [5.41, 5.74) is 0.755. The molecular formula is C16H15O5SSi. The van der Waals surface area contributed by atoms with Gasteiger partial charge in [-0.3, -0.25) is 0 Å². The second-order valence-corrected chi connectivity index (χ2v) is 7.72. The van der Waals surface area contributed by atoms with Gasteiger partial charge in [0.1, 0.15) is 22.0 Å². The van der Waals surface area contributed by atoms with E-state index in [-0.39, 0.29) is 10.6 Å². The molecule has 3 radical (unpaired) electrons. The van der Waals surface area contributed by atoms with Crippen molar-refractivity contribution in [2.75, 3.05) is 7.11 Å². The number of fused-ring (bicyclic) bond motifs is 1. The second kappa shape index (κ2) is 5.90. The summed E-state index contributed by atoms with van der Waals surface area (Å²) in [6.07, 6.45) is -0.618. The van der Waals surface area contributed by atoms with E-state index in [9.17, 15) is 8.42 Å². The number of benzene rings is 2. The normalized spacial score (nSPS) is 21.9. The highest BCUT2D eigenvalue weighted by atomic mass is 32.2. The molecule has 7 heteroatoms. The van der Waals surface area contributed by atoms with E-state index in [4.69, 9.17) is 13.9 Å². The molecule has 1 aliphatic rings. The summed E-state index contributed by atoms with van der Waals surface area (Å²) in [7, 11) is 0.928. The van der Waals surface area contributed by atoms with Gasteiger partial charge in [-0.2, -0.15) is 0 Å². The Morgan fingerprint density at radius 3 is 2.43 bits per heavy atom. The van der Waals surface area contributed by atoms with Crippen LogP contribution >= 0.6 is 0 Å². The van der Waals surface area contributed by atoms with Crippen molar-refractivity contribution >= 4 is 20.3 Å². The number of hydrogen-bond acceptors (Lipinski definition) is 5. The first-order valence-corrected chi connectivity index (χ1v) is 8.95. The van der Waals surface area contributed by atoms with E-state index >= 15 is 0 Å². The zero-order valence-corrected chi connectivity index (χ0v) is 14.5. The first kappa shape index (κ1) is 15.9. The van der Waals surface area contributed by atoms with Gasteiger partial charge in [0.2, 0.25) is 0 Å². The van der Waals surface area contributed by atoms with E-state index in [0.29, 0.717) is 11.5 Å². The minimum absolute atomic E-state index is 0.167. The van der Waals surface area contributed by atoms with Gasteiger partial charge in [-0.05, 0) is 36.8 Å². The monoisotopic (exact) mass is 347 g/mol. The third-order valence-electron chi connectivity index (χ3n) is 3.96. The van der Waals surface area contributed by atoms with E-state index < -0.39 is 21.2 Å². The molecule has 0 spiro atoms. The van der Waals surface area contributed by atoms with Crippen molar-refractivity contribution in [2.45, 2.75) is 23.2 Å². The molecule has 0 fully saturated rings. The number of rotatable bonds is 3. The molecule has 2 aromatic carbocycles. The molecule has 0 N–H and O–H groups in total. The van der Waals surface area contributed by atoms with Gasteiger partial charge in [0, 0.05) is 0 Å². The molecule has 2 aromatic rings. The molecule has 5 nitrogen and oxygen atoms in total. The van der Waals surface area contributed by atoms with E-state index in [2.05, 4.69) is 10.5 Å². The Morgan fingerprint density at radius 2 is 1.83 bits per heavy atom. The molecule has 2 atom stereocenters. The molecule has 1 aliphatic heterocycles. The third kappa shape index (κ3) is 2.59. The first-order valence-electron chi connectivity index (χ1n) is 7.00. The lowest BCUT2D eigenvalue weighted by atomic mass is 10.1. The van der Waals surface area contributed by atoms with Gasteiger partial charge in [0.15, 0.2) is 21.3 Å². The fourth-order valence-electron chi connectivity index (χ4n) is 2.65. The third-order valence-corrected chi connectivity index (χ3v) is 6.35. The van der Waals surface area contributed by atoms with Gasteiger partial charge in [-0.1, -0.05) is 18.2 Å². The van der Waals surface area contributed by atoms with Crippen molar-refractivity contribution in [3.63, 3.8) is 0 Å². The molecule has 1 heterocycles. The number of hydrogen-bond donors (Lipinski definition) is 0. The summed E-state index contributed by atoms with van der Waals surface area (Å²) in [4.78, 5) is 0.167. The highest BCUT2D eigenvalue weighted by Crippen LogP contribution is 2.45. The minimum atomic E-state index is -3.51. The first-order chi connectivity index (χ1) is 11.0. The lowest BCUT2D eigenvalue weighted by Gasteiger charge is -2.32. The zero-order valence-electron chi connectivity index (χ0n) is 12.6. The maximum atomic E-state index is 12.8. The number of methoxy groups -OCH3 is 1. The summed E-state index contributed by atoms with van der Waals surface area (Å²) in [6, 6.07) is 11.9. The van der Waals surface area contributed by atoms with Gasteiger partial charge < -0.3 is 13.9 Å². The van der Waals surface area contributed by atoms with Crippen LogP contribution < -0.4 is 13.9 Å². The second-order valence-electron chi connectivity index (χ2n) is 5.25.